The number of hydrogen-bond donors (Lipinski definition) is 2. The Balaban J connectivity index is 1.26. The molecule has 0 spiro atoms. The molecule has 3 aromatic heterocycles. The van der Waals surface area contributed by atoms with Gasteiger partial charge in [-0.25, -0.2) is 9.55 Å². The number of aromatic nitrogens is 5. The molecule has 5 aromatic rings. The minimum absolute atomic E-state index is 0.262. The van der Waals surface area contributed by atoms with Crippen LogP contribution < -0.4 is 19.9 Å². The largest absolute Gasteiger partial charge is 0.457 e. The van der Waals surface area contributed by atoms with Crippen molar-refractivity contribution in [2.45, 2.75) is 13.5 Å². The fraction of sp³-hybridized carbons (Fsp3) is 0.148. The quantitative estimate of drug-likeness (QED) is 0.327. The van der Waals surface area contributed by atoms with E-state index in [0.717, 1.165) is 22.7 Å². The number of aryl methyl sites for hydroxylation is 2. The predicted molar refractivity (Wildman–Crippen MR) is 136 cm³/mol. The van der Waals surface area contributed by atoms with E-state index in [9.17, 15) is 4.79 Å². The van der Waals surface area contributed by atoms with E-state index in [1.54, 1.807) is 30.7 Å². The van der Waals surface area contributed by atoms with Crippen LogP contribution in [0.3, 0.4) is 0 Å². The third kappa shape index (κ3) is 5.30. The van der Waals surface area contributed by atoms with E-state index in [1.165, 1.54) is 5.56 Å². The maximum Gasteiger partial charge on any atom is 0.270 e. The molecule has 0 saturated carbocycles. The summed E-state index contributed by atoms with van der Waals surface area (Å²) in [6.07, 6.45) is 8.66. The number of carbonyl (C=O) groups is 1. The number of benzene rings is 2. The molecule has 0 aliphatic rings. The molecule has 180 valence electrons. The van der Waals surface area contributed by atoms with Crippen LogP contribution in [0.2, 0.25) is 0 Å². The van der Waals surface area contributed by atoms with Crippen LogP contribution >= 0.6 is 0 Å². The zero-order valence-electron chi connectivity index (χ0n) is 20.0. The van der Waals surface area contributed by atoms with Gasteiger partial charge >= 0.3 is 0 Å². The van der Waals surface area contributed by atoms with Crippen molar-refractivity contribution < 1.29 is 14.1 Å². The summed E-state index contributed by atoms with van der Waals surface area (Å²) in [5.41, 5.74) is 4.23. The number of rotatable bonds is 8. The van der Waals surface area contributed by atoms with Gasteiger partial charge in [0.1, 0.15) is 17.2 Å². The van der Waals surface area contributed by atoms with Gasteiger partial charge < -0.3 is 19.9 Å². The summed E-state index contributed by atoms with van der Waals surface area (Å²) in [7, 11) is 1.97. The molecule has 2 aromatic carbocycles. The van der Waals surface area contributed by atoms with Crippen LogP contribution in [-0.4, -0.2) is 32.0 Å². The number of fused-ring (bicyclic) bond motifs is 1. The fourth-order valence-electron chi connectivity index (χ4n) is 3.74. The Kier molecular flexibility index (Phi) is 6.53. The molecule has 9 heteroatoms. The normalized spacial score (nSPS) is 10.8. The summed E-state index contributed by atoms with van der Waals surface area (Å²) in [6, 6.07) is 17.2. The van der Waals surface area contributed by atoms with Gasteiger partial charge in [-0.15, -0.1) is 0 Å². The number of anilines is 2. The van der Waals surface area contributed by atoms with Crippen LogP contribution in [-0.2, 0) is 13.6 Å². The lowest BCUT2D eigenvalue weighted by atomic mass is 10.2. The highest BCUT2D eigenvalue weighted by Crippen LogP contribution is 2.28. The first-order chi connectivity index (χ1) is 17.5. The summed E-state index contributed by atoms with van der Waals surface area (Å²) in [4.78, 5) is 25.4. The molecule has 5 rings (SSSR count). The molecule has 9 nitrogen and oxygen atoms in total. The van der Waals surface area contributed by atoms with E-state index in [1.807, 2.05) is 58.9 Å². The maximum absolute atomic E-state index is 12.6. The molecule has 0 saturated heterocycles. The number of carbonyl (C=O) groups excluding carboxylic acids is 1. The van der Waals surface area contributed by atoms with E-state index in [0.29, 0.717) is 24.6 Å². The molecule has 0 aliphatic carbocycles. The van der Waals surface area contributed by atoms with E-state index in [-0.39, 0.29) is 11.6 Å². The van der Waals surface area contributed by atoms with Crippen LogP contribution in [0.4, 0.5) is 11.6 Å². The smallest absolute Gasteiger partial charge is 0.270 e. The van der Waals surface area contributed by atoms with Crippen LogP contribution in [0.15, 0.2) is 85.6 Å². The first-order valence-corrected chi connectivity index (χ1v) is 11.6. The number of nitrogens with one attached hydrogen (secondary N) is 2. The van der Waals surface area contributed by atoms with Gasteiger partial charge in [-0.1, -0.05) is 17.7 Å². The standard InChI is InChI=1S/C27H25N7O2/c1-19-3-5-20(6-4-19)31-27-32-23-17-21(7-8-25(23)33(27)2)36-22-9-10-29-24(18-22)26(35)30-13-16-34-14-11-28-12-15-34/h3-12,14-15,17-18H,13,16H2,1-2H3,(H-,30,31,32,35)/p+1. The minimum atomic E-state index is -0.262. The molecule has 0 fully saturated rings. The molecule has 0 atom stereocenters. The molecule has 2 N–H and O–H groups in total. The molecule has 0 aliphatic heterocycles. The second-order valence-corrected chi connectivity index (χ2v) is 8.35. The van der Waals surface area contributed by atoms with E-state index < -0.39 is 0 Å². The van der Waals surface area contributed by atoms with E-state index in [4.69, 9.17) is 9.72 Å². The Bertz CT molecular complexity index is 1500. The Morgan fingerprint density at radius 1 is 1.00 bits per heavy atom. The van der Waals surface area contributed by atoms with Gasteiger partial charge in [-0.3, -0.25) is 14.8 Å². The average molecular weight is 481 g/mol. The third-order valence-corrected chi connectivity index (χ3v) is 5.70. The number of imidazole rings is 1. The monoisotopic (exact) mass is 480 g/mol. The van der Waals surface area contributed by atoms with Crippen LogP contribution in [0.25, 0.3) is 11.0 Å². The molecular formula is C27H26N7O2+. The number of ether oxygens (including phenoxy) is 1. The van der Waals surface area contributed by atoms with Crippen molar-refractivity contribution in [3.05, 3.63) is 96.8 Å². The number of pyridine rings is 1. The van der Waals surface area contributed by atoms with Gasteiger partial charge in [0.25, 0.3) is 5.91 Å². The maximum atomic E-state index is 12.6. The number of nitrogens with zero attached hydrogens (tertiary/aromatic N) is 5. The lowest BCUT2D eigenvalue weighted by Gasteiger charge is -2.08. The van der Waals surface area contributed by atoms with Gasteiger partial charge in [0.2, 0.25) is 5.95 Å². The summed E-state index contributed by atoms with van der Waals surface area (Å²) in [6.45, 7) is 3.16. The van der Waals surface area contributed by atoms with Crippen molar-refractivity contribution in [1.29, 1.82) is 0 Å². The molecule has 36 heavy (non-hydrogen) atoms. The van der Waals surface area contributed by atoms with Crippen molar-refractivity contribution in [1.82, 2.24) is 24.8 Å². The van der Waals surface area contributed by atoms with E-state index in [2.05, 4.69) is 39.7 Å². The predicted octanol–water partition coefficient (Wildman–Crippen LogP) is 3.93. The highest BCUT2D eigenvalue weighted by molar-refractivity contribution is 5.92. The number of amides is 1. The van der Waals surface area contributed by atoms with E-state index >= 15 is 0 Å². The van der Waals surface area contributed by atoms with Crippen molar-refractivity contribution >= 4 is 28.6 Å². The summed E-state index contributed by atoms with van der Waals surface area (Å²) < 4.78 is 9.97. The van der Waals surface area contributed by atoms with Gasteiger partial charge in [-0.2, -0.15) is 0 Å². The van der Waals surface area contributed by atoms with Crippen molar-refractivity contribution in [3.63, 3.8) is 0 Å². The van der Waals surface area contributed by atoms with Gasteiger partial charge in [0, 0.05) is 31.1 Å². The SMILES string of the molecule is Cc1ccc(Nc2nc3cc(Oc4ccnc(C(=O)NCC[n+]5ccncc5)c4)ccc3n2C)cc1. The number of hydrogen-bond acceptors (Lipinski definition) is 6. The topological polar surface area (TPSA) is 97.8 Å². The third-order valence-electron chi connectivity index (χ3n) is 5.70. The van der Waals surface area contributed by atoms with Gasteiger partial charge in [0.15, 0.2) is 18.9 Å². The second-order valence-electron chi connectivity index (χ2n) is 8.35. The lowest BCUT2D eigenvalue weighted by molar-refractivity contribution is -0.695. The lowest BCUT2D eigenvalue weighted by Crippen LogP contribution is -2.40. The molecule has 3 heterocycles. The Morgan fingerprint density at radius 3 is 2.58 bits per heavy atom. The van der Waals surface area contributed by atoms with Crippen LogP contribution in [0.1, 0.15) is 16.1 Å². The first kappa shape index (κ1) is 23.0. The molecule has 1 amide bonds. The van der Waals surface area contributed by atoms with Crippen molar-refractivity contribution in [2.24, 2.45) is 7.05 Å². The molecule has 0 bridgehead atoms. The zero-order chi connectivity index (χ0) is 24.9. The molecule has 0 unspecified atom stereocenters. The van der Waals surface area contributed by atoms with Crippen LogP contribution in [0.5, 0.6) is 11.5 Å². The van der Waals surface area contributed by atoms with Crippen molar-refractivity contribution in [2.75, 3.05) is 11.9 Å². The zero-order valence-corrected chi connectivity index (χ0v) is 20.0. The average Bonchev–Trinajstić information content (AvgIpc) is 3.20. The highest BCUT2D eigenvalue weighted by atomic mass is 16.5. The summed E-state index contributed by atoms with van der Waals surface area (Å²) in [5, 5.41) is 6.24. The first-order valence-electron chi connectivity index (χ1n) is 11.6. The Morgan fingerprint density at radius 2 is 1.78 bits per heavy atom. The Hall–Kier alpha value is -4.79. The van der Waals surface area contributed by atoms with Gasteiger partial charge in [-0.05, 0) is 37.3 Å². The minimum Gasteiger partial charge on any atom is -0.457 e. The highest BCUT2D eigenvalue weighted by Gasteiger charge is 2.12. The summed E-state index contributed by atoms with van der Waals surface area (Å²) >= 11 is 0. The molecule has 0 radical (unpaired) electrons. The van der Waals surface area contributed by atoms with Crippen LogP contribution in [0, 0.1) is 6.92 Å². The van der Waals surface area contributed by atoms with Crippen molar-refractivity contribution in [3.8, 4) is 11.5 Å². The summed E-state index contributed by atoms with van der Waals surface area (Å²) in [5.74, 6) is 1.61. The fourth-order valence-corrected chi connectivity index (χ4v) is 3.74. The van der Waals surface area contributed by atoms with Gasteiger partial charge in [0.05, 0.1) is 30.0 Å². The second kappa shape index (κ2) is 10.2. The Labute approximate surface area is 208 Å². The molecular weight excluding hydrogens is 454 g/mol.